The van der Waals surface area contributed by atoms with E-state index in [-0.39, 0.29) is 13.2 Å². The Hall–Kier alpha value is -0.320. The quantitative estimate of drug-likeness (QED) is 0.261. The van der Waals surface area contributed by atoms with Gasteiger partial charge in [0, 0.05) is 6.42 Å². The summed E-state index contributed by atoms with van der Waals surface area (Å²) in [5.74, 6) is -0.655. The van der Waals surface area contributed by atoms with Crippen molar-refractivity contribution < 1.29 is 20.1 Å². The Balaban J connectivity index is 0. The second kappa shape index (κ2) is 22.7. The van der Waals surface area contributed by atoms with Crippen molar-refractivity contribution in [2.45, 2.75) is 102 Å². The van der Waals surface area contributed by atoms with Crippen LogP contribution in [0.3, 0.4) is 0 Å². The second-order valence-electron chi connectivity index (χ2n) is 6.35. The van der Waals surface area contributed by atoms with Gasteiger partial charge in [-0.3, -0.25) is 4.79 Å². The zero-order chi connectivity index (χ0) is 18.5. The number of unbranched alkanes of at least 4 members (excludes halogenated alkanes) is 12. The lowest BCUT2D eigenvalue weighted by atomic mass is 10.0. The lowest BCUT2D eigenvalue weighted by Gasteiger charge is -2.02. The molecule has 4 nitrogen and oxygen atoms in total. The number of halogens is 1. The molecule has 0 aromatic carbocycles. The summed E-state index contributed by atoms with van der Waals surface area (Å²) in [7, 11) is 0. The van der Waals surface area contributed by atoms with E-state index >= 15 is 0 Å². The van der Waals surface area contributed by atoms with Gasteiger partial charge in [-0.05, 0) is 6.42 Å². The van der Waals surface area contributed by atoms with Crippen molar-refractivity contribution in [2.75, 3.05) is 13.2 Å². The van der Waals surface area contributed by atoms with Gasteiger partial charge in [-0.15, -0.1) is 11.6 Å². The van der Waals surface area contributed by atoms with Crippen LogP contribution in [0.15, 0.2) is 0 Å². The van der Waals surface area contributed by atoms with Gasteiger partial charge in [-0.1, -0.05) is 84.0 Å². The Morgan fingerprint density at radius 3 is 1.33 bits per heavy atom. The molecule has 0 heterocycles. The van der Waals surface area contributed by atoms with Gasteiger partial charge >= 0.3 is 5.97 Å². The molecule has 0 aromatic heterocycles. The number of rotatable bonds is 16. The number of alkyl halides is 1. The van der Waals surface area contributed by atoms with Crippen LogP contribution in [0.2, 0.25) is 0 Å². The van der Waals surface area contributed by atoms with Crippen molar-refractivity contribution in [3.63, 3.8) is 0 Å². The molecule has 0 aliphatic rings. The Kier molecular flexibility index (Phi) is 24.5. The Bertz CT molecular complexity index is 246. The fourth-order valence-corrected chi connectivity index (χ4v) is 2.35. The first kappa shape index (κ1) is 25.9. The lowest BCUT2D eigenvalue weighted by Crippen LogP contribution is -2.08. The van der Waals surface area contributed by atoms with Gasteiger partial charge in [0.2, 0.25) is 0 Å². The van der Waals surface area contributed by atoms with Crippen molar-refractivity contribution in [2.24, 2.45) is 0 Å². The molecule has 0 aliphatic carbocycles. The first-order chi connectivity index (χ1) is 11.6. The molecule has 0 unspecified atom stereocenters. The first-order valence-electron chi connectivity index (χ1n) is 9.66. The van der Waals surface area contributed by atoms with Gasteiger partial charge in [0.05, 0.1) is 18.6 Å². The summed E-state index contributed by atoms with van der Waals surface area (Å²) in [6.45, 7) is 1.95. The molecule has 0 bridgehead atoms. The van der Waals surface area contributed by atoms with Crippen LogP contribution in [-0.4, -0.2) is 39.9 Å². The van der Waals surface area contributed by atoms with Crippen LogP contribution >= 0.6 is 11.6 Å². The van der Waals surface area contributed by atoms with Gasteiger partial charge in [0.1, 0.15) is 0 Å². The van der Waals surface area contributed by atoms with Gasteiger partial charge in [0.15, 0.2) is 0 Å². The number of carboxylic acids is 1. The normalized spacial score (nSPS) is 10.5. The van der Waals surface area contributed by atoms with Crippen molar-refractivity contribution >= 4 is 17.6 Å². The number of carbonyl (C=O) groups is 1. The molecular weight excluding hydrogens is 328 g/mol. The zero-order valence-corrected chi connectivity index (χ0v) is 16.3. The van der Waals surface area contributed by atoms with Crippen molar-refractivity contribution in [1.29, 1.82) is 0 Å². The van der Waals surface area contributed by atoms with Gasteiger partial charge < -0.3 is 15.3 Å². The maximum absolute atomic E-state index is 10.3. The molecular formula is C19H39ClO4. The fourth-order valence-electron chi connectivity index (χ4n) is 2.35. The summed E-state index contributed by atoms with van der Waals surface area (Å²) in [6, 6.07) is 0. The van der Waals surface area contributed by atoms with Crippen molar-refractivity contribution in [1.82, 2.24) is 0 Å². The third-order valence-corrected chi connectivity index (χ3v) is 4.17. The van der Waals surface area contributed by atoms with E-state index in [9.17, 15) is 4.79 Å². The predicted octanol–water partition coefficient (Wildman–Crippen LogP) is 5.13. The minimum Gasteiger partial charge on any atom is -0.481 e. The number of aliphatic hydroxyl groups excluding tert-OH is 2. The average molecular weight is 367 g/mol. The molecule has 0 aliphatic heterocycles. The summed E-state index contributed by atoms with van der Waals surface area (Å²) >= 11 is 5.15. The van der Waals surface area contributed by atoms with Crippen LogP contribution in [0.4, 0.5) is 0 Å². The topological polar surface area (TPSA) is 77.8 Å². The standard InChI is InChI=1S/C16H32O2.C3H7ClO2/c1-2-3-4-5-6-7-8-9-10-11-12-13-14-15-16(17)18;4-3(1-5)2-6/h2-15H2,1H3,(H,17,18);3,5-6H,1-2H2. The maximum Gasteiger partial charge on any atom is 0.303 e. The van der Waals surface area contributed by atoms with Crippen LogP contribution in [0.1, 0.15) is 96.8 Å². The SMILES string of the molecule is CCCCCCCCCCCCCCCC(=O)O.OCC(Cl)CO. The number of carboxylic acid groups (broad SMARTS) is 1. The van der Waals surface area contributed by atoms with Crippen LogP contribution < -0.4 is 0 Å². The van der Waals surface area contributed by atoms with E-state index in [1.165, 1.54) is 70.6 Å². The van der Waals surface area contributed by atoms with Crippen LogP contribution in [-0.2, 0) is 4.79 Å². The molecule has 0 rings (SSSR count). The van der Waals surface area contributed by atoms with E-state index in [0.717, 1.165) is 12.8 Å². The zero-order valence-electron chi connectivity index (χ0n) is 15.5. The van der Waals surface area contributed by atoms with E-state index < -0.39 is 11.3 Å². The molecule has 24 heavy (non-hydrogen) atoms. The molecule has 3 N–H and O–H groups in total. The minimum atomic E-state index is -0.655. The smallest absolute Gasteiger partial charge is 0.303 e. The van der Waals surface area contributed by atoms with Gasteiger partial charge in [0.25, 0.3) is 0 Å². The summed E-state index contributed by atoms with van der Waals surface area (Å²) in [5.41, 5.74) is 0. The third kappa shape index (κ3) is 26.6. The largest absolute Gasteiger partial charge is 0.481 e. The molecule has 0 saturated heterocycles. The highest BCUT2D eigenvalue weighted by Crippen LogP contribution is 2.12. The lowest BCUT2D eigenvalue weighted by molar-refractivity contribution is -0.137. The molecule has 146 valence electrons. The second-order valence-corrected chi connectivity index (χ2v) is 6.97. The number of aliphatic carboxylic acids is 1. The average Bonchev–Trinajstić information content (AvgIpc) is 2.58. The minimum absolute atomic E-state index is 0.155. The van der Waals surface area contributed by atoms with Crippen molar-refractivity contribution in [3.05, 3.63) is 0 Å². The number of hydrogen-bond acceptors (Lipinski definition) is 3. The third-order valence-electron chi connectivity index (χ3n) is 3.89. The van der Waals surface area contributed by atoms with Crippen LogP contribution in [0.25, 0.3) is 0 Å². The Morgan fingerprint density at radius 1 is 0.750 bits per heavy atom. The molecule has 5 heteroatoms. The molecule has 0 radical (unpaired) electrons. The summed E-state index contributed by atoms with van der Waals surface area (Å²) in [4.78, 5) is 10.3. The van der Waals surface area contributed by atoms with E-state index in [4.69, 9.17) is 26.9 Å². The fraction of sp³-hybridized carbons (Fsp3) is 0.947. The highest BCUT2D eigenvalue weighted by Gasteiger charge is 1.97. The molecule has 0 atom stereocenters. The summed E-state index contributed by atoms with van der Waals surface area (Å²) in [5, 5.41) is 24.1. The monoisotopic (exact) mass is 366 g/mol. The summed E-state index contributed by atoms with van der Waals surface area (Å²) in [6.07, 6.45) is 17.3. The number of hydrogen-bond donors (Lipinski definition) is 3. The number of aliphatic hydroxyl groups is 2. The van der Waals surface area contributed by atoms with Crippen LogP contribution in [0.5, 0.6) is 0 Å². The van der Waals surface area contributed by atoms with Gasteiger partial charge in [-0.2, -0.15) is 0 Å². The van der Waals surface area contributed by atoms with E-state index in [2.05, 4.69) is 6.92 Å². The predicted molar refractivity (Wildman–Crippen MR) is 102 cm³/mol. The van der Waals surface area contributed by atoms with Crippen LogP contribution in [0, 0.1) is 0 Å². The van der Waals surface area contributed by atoms with Gasteiger partial charge in [-0.25, -0.2) is 0 Å². The first-order valence-corrected chi connectivity index (χ1v) is 10.1. The van der Waals surface area contributed by atoms with E-state index in [1.807, 2.05) is 0 Å². The Morgan fingerprint density at radius 2 is 1.08 bits per heavy atom. The maximum atomic E-state index is 10.3. The highest BCUT2D eigenvalue weighted by molar-refractivity contribution is 6.20. The molecule has 0 amide bonds. The molecule has 0 aromatic rings. The van der Waals surface area contributed by atoms with E-state index in [1.54, 1.807) is 0 Å². The molecule has 0 fully saturated rings. The molecule has 0 saturated carbocycles. The Labute approximate surface area is 153 Å². The highest BCUT2D eigenvalue weighted by atomic mass is 35.5. The molecule has 0 spiro atoms. The van der Waals surface area contributed by atoms with Crippen molar-refractivity contribution in [3.8, 4) is 0 Å². The summed E-state index contributed by atoms with van der Waals surface area (Å²) < 4.78 is 0. The van der Waals surface area contributed by atoms with E-state index in [0.29, 0.717) is 6.42 Å².